The van der Waals surface area contributed by atoms with E-state index in [0.29, 0.717) is 5.82 Å². The Balaban J connectivity index is 1.98. The first-order valence-electron chi connectivity index (χ1n) is 8.39. The maximum Gasteiger partial charge on any atom is 0.355 e. The molecule has 0 amide bonds. The third-order valence-electron chi connectivity index (χ3n) is 4.84. The lowest BCUT2D eigenvalue weighted by atomic mass is 9.92. The molecule has 0 atom stereocenters. The molecule has 0 fully saturated rings. The summed E-state index contributed by atoms with van der Waals surface area (Å²) in [7, 11) is 0. The van der Waals surface area contributed by atoms with Crippen molar-refractivity contribution in [2.45, 2.75) is 39.5 Å². The van der Waals surface area contributed by atoms with Crippen LogP contribution in [0.4, 0.5) is 0 Å². The highest BCUT2D eigenvalue weighted by Crippen LogP contribution is 2.33. The molecule has 1 aliphatic carbocycles. The van der Waals surface area contributed by atoms with Crippen LogP contribution in [0.1, 0.15) is 42.5 Å². The van der Waals surface area contributed by atoms with Crippen LogP contribution in [-0.2, 0) is 0 Å². The minimum Gasteiger partial charge on any atom is -0.263 e. The van der Waals surface area contributed by atoms with Crippen LogP contribution in [0.2, 0.25) is 0 Å². The van der Waals surface area contributed by atoms with Gasteiger partial charge in [0.2, 0.25) is 0 Å². The van der Waals surface area contributed by atoms with Crippen molar-refractivity contribution in [1.82, 2.24) is 19.2 Å². The van der Waals surface area contributed by atoms with Crippen molar-refractivity contribution in [3.63, 3.8) is 0 Å². The first kappa shape index (κ1) is 14.9. The van der Waals surface area contributed by atoms with Crippen LogP contribution in [0.3, 0.4) is 0 Å². The summed E-state index contributed by atoms with van der Waals surface area (Å²) >= 11 is 0. The minimum absolute atomic E-state index is 0.172. The third-order valence-corrected chi connectivity index (χ3v) is 4.84. The van der Waals surface area contributed by atoms with Crippen LogP contribution >= 0.6 is 0 Å². The van der Waals surface area contributed by atoms with Gasteiger partial charge in [-0.25, -0.2) is 9.78 Å². The van der Waals surface area contributed by atoms with Gasteiger partial charge in [-0.15, -0.1) is 0 Å². The van der Waals surface area contributed by atoms with E-state index in [0.717, 1.165) is 29.6 Å². The second-order valence-electron chi connectivity index (χ2n) is 6.31. The first-order chi connectivity index (χ1) is 11.7. The van der Waals surface area contributed by atoms with Gasteiger partial charge in [0.1, 0.15) is 0 Å². The molecule has 0 aromatic carbocycles. The lowest BCUT2D eigenvalue weighted by molar-refractivity contribution is 0.723. The van der Waals surface area contributed by atoms with Gasteiger partial charge in [0.05, 0.1) is 11.7 Å². The van der Waals surface area contributed by atoms with Crippen molar-refractivity contribution < 1.29 is 0 Å². The van der Waals surface area contributed by atoms with Crippen LogP contribution in [0, 0.1) is 13.8 Å². The number of fused-ring (bicyclic) bond motifs is 1. The second-order valence-corrected chi connectivity index (χ2v) is 6.31. The number of aromatic nitrogens is 4. The molecule has 3 aromatic rings. The Hall–Kier alpha value is -2.69. The molecule has 3 heterocycles. The van der Waals surface area contributed by atoms with Crippen molar-refractivity contribution in [2.75, 3.05) is 0 Å². The zero-order valence-electron chi connectivity index (χ0n) is 14.0. The van der Waals surface area contributed by atoms with E-state index in [1.165, 1.54) is 28.7 Å². The normalized spacial score (nSPS) is 14.8. The van der Waals surface area contributed by atoms with E-state index in [4.69, 9.17) is 0 Å². The number of pyridine rings is 1. The van der Waals surface area contributed by atoms with E-state index in [2.05, 4.69) is 23.1 Å². The van der Waals surface area contributed by atoms with E-state index in [1.54, 1.807) is 22.9 Å². The molecule has 122 valence electrons. The SMILES string of the molecule is Cc1c(C2=CCCCC2)c(C)n2c(=O)n(-c3ccccn3)ncc12. The molecular formula is C19H20N4O. The van der Waals surface area contributed by atoms with E-state index in [9.17, 15) is 4.79 Å². The molecule has 0 N–H and O–H groups in total. The smallest absolute Gasteiger partial charge is 0.263 e. The number of hydrogen-bond acceptors (Lipinski definition) is 3. The maximum absolute atomic E-state index is 13.0. The summed E-state index contributed by atoms with van der Waals surface area (Å²) in [6.07, 6.45) is 10.4. The Morgan fingerprint density at radius 3 is 2.75 bits per heavy atom. The lowest BCUT2D eigenvalue weighted by Gasteiger charge is -2.13. The average molecular weight is 320 g/mol. The van der Waals surface area contributed by atoms with Crippen LogP contribution in [-0.4, -0.2) is 19.2 Å². The summed E-state index contributed by atoms with van der Waals surface area (Å²) in [5, 5.41) is 4.34. The molecule has 5 heteroatoms. The summed E-state index contributed by atoms with van der Waals surface area (Å²) < 4.78 is 3.13. The van der Waals surface area contributed by atoms with Crippen molar-refractivity contribution in [3.8, 4) is 5.82 Å². The topological polar surface area (TPSA) is 52.2 Å². The summed E-state index contributed by atoms with van der Waals surface area (Å²) in [6, 6.07) is 5.47. The highest BCUT2D eigenvalue weighted by molar-refractivity contribution is 5.77. The van der Waals surface area contributed by atoms with Crippen LogP contribution in [0.5, 0.6) is 0 Å². The van der Waals surface area contributed by atoms with Gasteiger partial charge >= 0.3 is 5.69 Å². The Bertz CT molecular complexity index is 996. The number of allylic oxidation sites excluding steroid dienone is 2. The van der Waals surface area contributed by atoms with Gasteiger partial charge < -0.3 is 0 Å². The minimum atomic E-state index is -0.172. The zero-order chi connectivity index (χ0) is 16.7. The molecule has 3 aromatic heterocycles. The first-order valence-corrected chi connectivity index (χ1v) is 8.39. The van der Waals surface area contributed by atoms with Gasteiger partial charge in [0, 0.05) is 17.5 Å². The highest BCUT2D eigenvalue weighted by Gasteiger charge is 2.20. The molecule has 5 nitrogen and oxygen atoms in total. The quantitative estimate of drug-likeness (QED) is 0.726. The molecule has 1 aliphatic rings. The number of rotatable bonds is 2. The van der Waals surface area contributed by atoms with Gasteiger partial charge in [-0.3, -0.25) is 4.40 Å². The van der Waals surface area contributed by atoms with Crippen LogP contribution in [0.25, 0.3) is 16.9 Å². The predicted molar refractivity (Wildman–Crippen MR) is 94.5 cm³/mol. The third kappa shape index (κ3) is 2.19. The Kier molecular flexibility index (Phi) is 3.56. The Labute approximate surface area is 140 Å². The van der Waals surface area contributed by atoms with Crippen LogP contribution in [0.15, 0.2) is 41.5 Å². The molecule has 0 bridgehead atoms. The standard InChI is InChI=1S/C19H20N4O/c1-13-16-12-21-23(17-10-6-7-11-20-17)19(24)22(16)14(2)18(13)15-8-4-3-5-9-15/h6-8,10-12H,3-5,9H2,1-2H3. The van der Waals surface area contributed by atoms with E-state index < -0.39 is 0 Å². The highest BCUT2D eigenvalue weighted by atomic mass is 16.2. The van der Waals surface area contributed by atoms with Crippen molar-refractivity contribution in [1.29, 1.82) is 0 Å². The molecule has 24 heavy (non-hydrogen) atoms. The van der Waals surface area contributed by atoms with Gasteiger partial charge in [0.15, 0.2) is 5.82 Å². The van der Waals surface area contributed by atoms with Crippen molar-refractivity contribution >= 4 is 11.1 Å². The fourth-order valence-corrected chi connectivity index (χ4v) is 3.69. The number of hydrogen-bond donors (Lipinski definition) is 0. The average Bonchev–Trinajstić information content (AvgIpc) is 2.88. The summed E-state index contributed by atoms with van der Waals surface area (Å²) in [6.45, 7) is 4.11. The van der Waals surface area contributed by atoms with Gasteiger partial charge in [-0.2, -0.15) is 9.78 Å². The number of aryl methyl sites for hydroxylation is 2. The van der Waals surface area contributed by atoms with E-state index >= 15 is 0 Å². The van der Waals surface area contributed by atoms with Gasteiger partial charge in [-0.1, -0.05) is 12.1 Å². The van der Waals surface area contributed by atoms with E-state index in [1.807, 2.05) is 19.1 Å². The fourth-order valence-electron chi connectivity index (χ4n) is 3.69. The predicted octanol–water partition coefficient (Wildman–Crippen LogP) is 3.45. The van der Waals surface area contributed by atoms with Crippen LogP contribution < -0.4 is 5.69 Å². The molecule has 0 aliphatic heterocycles. The molecule has 4 rings (SSSR count). The van der Waals surface area contributed by atoms with Crippen molar-refractivity contribution in [3.05, 3.63) is 64.0 Å². The summed E-state index contributed by atoms with van der Waals surface area (Å²) in [5.74, 6) is 0.536. The Morgan fingerprint density at radius 1 is 1.17 bits per heavy atom. The fraction of sp³-hybridized carbons (Fsp3) is 0.316. The lowest BCUT2D eigenvalue weighted by Crippen LogP contribution is -2.28. The maximum atomic E-state index is 13.0. The molecule has 0 unspecified atom stereocenters. The molecule has 0 saturated heterocycles. The zero-order valence-corrected chi connectivity index (χ0v) is 14.0. The molecular weight excluding hydrogens is 300 g/mol. The molecule has 0 saturated carbocycles. The van der Waals surface area contributed by atoms with E-state index in [-0.39, 0.29) is 5.69 Å². The monoisotopic (exact) mass is 320 g/mol. The van der Waals surface area contributed by atoms with Gasteiger partial charge in [0.25, 0.3) is 0 Å². The van der Waals surface area contributed by atoms with Crippen molar-refractivity contribution in [2.24, 2.45) is 0 Å². The van der Waals surface area contributed by atoms with Gasteiger partial charge in [-0.05, 0) is 62.8 Å². The largest absolute Gasteiger partial charge is 0.355 e. The number of nitrogens with zero attached hydrogens (tertiary/aromatic N) is 4. The Morgan fingerprint density at radius 2 is 2.04 bits per heavy atom. The second kappa shape index (κ2) is 5.74. The summed E-state index contributed by atoms with van der Waals surface area (Å²) in [4.78, 5) is 17.2. The molecule has 0 spiro atoms. The molecule has 0 radical (unpaired) electrons. The summed E-state index contributed by atoms with van der Waals surface area (Å²) in [5.41, 5.74) is 5.42.